The van der Waals surface area contributed by atoms with Crippen molar-refractivity contribution in [2.45, 2.75) is 11.8 Å². The minimum atomic E-state index is -3.92. The van der Waals surface area contributed by atoms with Crippen LogP contribution in [0.5, 0.6) is 11.5 Å². The van der Waals surface area contributed by atoms with E-state index < -0.39 is 10.1 Å². The van der Waals surface area contributed by atoms with Crippen LogP contribution >= 0.6 is 0 Å². The molecule has 0 saturated heterocycles. The van der Waals surface area contributed by atoms with Crippen molar-refractivity contribution in [2.24, 2.45) is 0 Å². The van der Waals surface area contributed by atoms with E-state index >= 15 is 0 Å². The molecule has 0 amide bonds. The molecular formula is C15H14N2O4S. The molecule has 0 aliphatic heterocycles. The van der Waals surface area contributed by atoms with Crippen molar-refractivity contribution in [2.75, 3.05) is 6.61 Å². The van der Waals surface area contributed by atoms with Gasteiger partial charge in [0.2, 0.25) is 0 Å². The fourth-order valence-corrected chi connectivity index (χ4v) is 2.98. The fourth-order valence-electron chi connectivity index (χ4n) is 2.03. The number of H-pyrrole nitrogens is 1. The van der Waals surface area contributed by atoms with Crippen molar-refractivity contribution in [1.29, 1.82) is 0 Å². The predicted octanol–water partition coefficient (Wildman–Crippen LogP) is 2.73. The van der Waals surface area contributed by atoms with Gasteiger partial charge in [-0.3, -0.25) is 0 Å². The summed E-state index contributed by atoms with van der Waals surface area (Å²) >= 11 is 0. The van der Waals surface area contributed by atoms with E-state index in [-0.39, 0.29) is 10.6 Å². The number of benzene rings is 2. The summed E-state index contributed by atoms with van der Waals surface area (Å²) in [4.78, 5) is 6.98. The van der Waals surface area contributed by atoms with Crippen molar-refractivity contribution in [3.05, 3.63) is 48.8 Å². The van der Waals surface area contributed by atoms with Crippen LogP contribution in [0.4, 0.5) is 0 Å². The first-order valence-electron chi connectivity index (χ1n) is 6.69. The van der Waals surface area contributed by atoms with Crippen LogP contribution in [0.2, 0.25) is 0 Å². The Morgan fingerprint density at radius 2 is 1.95 bits per heavy atom. The molecule has 3 aromatic rings. The van der Waals surface area contributed by atoms with Gasteiger partial charge in [0.15, 0.2) is 0 Å². The van der Waals surface area contributed by atoms with Gasteiger partial charge in [0, 0.05) is 6.07 Å². The van der Waals surface area contributed by atoms with Gasteiger partial charge >= 0.3 is 10.1 Å². The first kappa shape index (κ1) is 14.4. The third kappa shape index (κ3) is 2.89. The second-order valence-electron chi connectivity index (χ2n) is 4.53. The molecule has 0 atom stereocenters. The zero-order chi connectivity index (χ0) is 15.6. The lowest BCUT2D eigenvalue weighted by Gasteiger charge is -2.09. The molecule has 114 valence electrons. The molecule has 22 heavy (non-hydrogen) atoms. The molecule has 0 fully saturated rings. The van der Waals surface area contributed by atoms with E-state index in [0.717, 1.165) is 0 Å². The number of rotatable bonds is 5. The molecular weight excluding hydrogens is 304 g/mol. The molecule has 0 spiro atoms. The number of hydrogen-bond donors (Lipinski definition) is 1. The zero-order valence-corrected chi connectivity index (χ0v) is 12.6. The fraction of sp³-hybridized carbons (Fsp3) is 0.133. The Balaban J connectivity index is 1.90. The zero-order valence-electron chi connectivity index (χ0n) is 11.8. The van der Waals surface area contributed by atoms with Gasteiger partial charge in [-0.25, -0.2) is 4.98 Å². The van der Waals surface area contributed by atoms with E-state index in [2.05, 4.69) is 9.97 Å². The van der Waals surface area contributed by atoms with E-state index in [0.29, 0.717) is 23.4 Å². The first-order chi connectivity index (χ1) is 10.6. The van der Waals surface area contributed by atoms with Gasteiger partial charge < -0.3 is 13.9 Å². The van der Waals surface area contributed by atoms with E-state index in [1.165, 1.54) is 24.5 Å². The molecule has 1 N–H and O–H groups in total. The highest BCUT2D eigenvalue weighted by molar-refractivity contribution is 7.87. The van der Waals surface area contributed by atoms with Gasteiger partial charge in [-0.05, 0) is 37.3 Å². The minimum Gasteiger partial charge on any atom is -0.494 e. The van der Waals surface area contributed by atoms with E-state index in [1.54, 1.807) is 24.3 Å². The first-order valence-corrected chi connectivity index (χ1v) is 8.10. The van der Waals surface area contributed by atoms with Crippen LogP contribution < -0.4 is 8.92 Å². The summed E-state index contributed by atoms with van der Waals surface area (Å²) in [6, 6.07) is 11.1. The molecule has 0 radical (unpaired) electrons. The van der Waals surface area contributed by atoms with Gasteiger partial charge in [0.05, 0.1) is 24.0 Å². The van der Waals surface area contributed by atoms with Crippen molar-refractivity contribution in [3.63, 3.8) is 0 Å². The molecule has 3 rings (SSSR count). The summed E-state index contributed by atoms with van der Waals surface area (Å²) < 4.78 is 35.2. The number of hydrogen-bond acceptors (Lipinski definition) is 5. The molecule has 2 aromatic carbocycles. The molecule has 1 heterocycles. The smallest absolute Gasteiger partial charge is 0.339 e. The maximum Gasteiger partial charge on any atom is 0.339 e. The molecule has 0 bridgehead atoms. The maximum absolute atomic E-state index is 12.3. The molecule has 1 aromatic heterocycles. The van der Waals surface area contributed by atoms with Crippen molar-refractivity contribution < 1.29 is 17.3 Å². The van der Waals surface area contributed by atoms with Gasteiger partial charge in [0.25, 0.3) is 0 Å². The van der Waals surface area contributed by atoms with Gasteiger partial charge in [-0.15, -0.1) is 0 Å². The maximum atomic E-state index is 12.3. The third-order valence-corrected chi connectivity index (χ3v) is 4.25. The summed E-state index contributed by atoms with van der Waals surface area (Å²) in [6.45, 7) is 2.34. The van der Waals surface area contributed by atoms with Gasteiger partial charge in [0.1, 0.15) is 16.4 Å². The average Bonchev–Trinajstić information content (AvgIpc) is 2.95. The molecule has 0 aliphatic rings. The van der Waals surface area contributed by atoms with Crippen LogP contribution in [-0.4, -0.2) is 25.0 Å². The normalized spacial score (nSPS) is 11.5. The lowest BCUT2D eigenvalue weighted by Crippen LogP contribution is -2.09. The Kier molecular flexibility index (Phi) is 3.72. The topological polar surface area (TPSA) is 81.3 Å². The lowest BCUT2D eigenvalue weighted by atomic mass is 10.3. The number of aromatic amines is 1. The number of nitrogens with zero attached hydrogens (tertiary/aromatic N) is 1. The Morgan fingerprint density at radius 3 is 2.77 bits per heavy atom. The monoisotopic (exact) mass is 318 g/mol. The molecule has 0 aliphatic carbocycles. The third-order valence-electron chi connectivity index (χ3n) is 3.00. The molecule has 7 heteroatoms. The number of aromatic nitrogens is 2. The second-order valence-corrected chi connectivity index (χ2v) is 6.07. The predicted molar refractivity (Wildman–Crippen MR) is 81.5 cm³/mol. The Labute approximate surface area is 127 Å². The van der Waals surface area contributed by atoms with Crippen LogP contribution in [0.15, 0.2) is 53.7 Å². The number of fused-ring (bicyclic) bond motifs is 1. The average molecular weight is 318 g/mol. The molecule has 6 nitrogen and oxygen atoms in total. The van der Waals surface area contributed by atoms with Crippen LogP contribution in [0.1, 0.15) is 6.92 Å². The van der Waals surface area contributed by atoms with Crippen LogP contribution in [-0.2, 0) is 10.1 Å². The van der Waals surface area contributed by atoms with Crippen LogP contribution in [0.25, 0.3) is 11.0 Å². The summed E-state index contributed by atoms with van der Waals surface area (Å²) in [6.07, 6.45) is 1.51. The Hall–Kier alpha value is -2.54. The van der Waals surface area contributed by atoms with Crippen LogP contribution in [0.3, 0.4) is 0 Å². The van der Waals surface area contributed by atoms with E-state index in [4.69, 9.17) is 8.92 Å². The standard InChI is InChI=1S/C15H14N2O4S/c1-2-20-11-4-3-5-12(8-11)21-22(18,19)13-6-7-14-15(9-13)17-10-16-14/h3-10H,2H2,1H3,(H,16,17). The largest absolute Gasteiger partial charge is 0.494 e. The van der Waals surface area contributed by atoms with Crippen molar-refractivity contribution in [3.8, 4) is 11.5 Å². The summed E-state index contributed by atoms with van der Waals surface area (Å²) in [5, 5.41) is 0. The van der Waals surface area contributed by atoms with E-state index in [9.17, 15) is 8.42 Å². The van der Waals surface area contributed by atoms with Crippen LogP contribution in [0, 0.1) is 0 Å². The summed E-state index contributed by atoms with van der Waals surface area (Å²) in [5.74, 6) is 0.759. The number of ether oxygens (including phenoxy) is 1. The Bertz CT molecular complexity index is 903. The SMILES string of the molecule is CCOc1cccc(OS(=O)(=O)c2ccc3nc[nH]c3c2)c1. The van der Waals surface area contributed by atoms with E-state index in [1.807, 2.05) is 6.92 Å². The van der Waals surface area contributed by atoms with Gasteiger partial charge in [-0.1, -0.05) is 6.07 Å². The minimum absolute atomic E-state index is 0.0612. The summed E-state index contributed by atoms with van der Waals surface area (Å²) in [5.41, 5.74) is 1.32. The van der Waals surface area contributed by atoms with Crippen molar-refractivity contribution in [1.82, 2.24) is 9.97 Å². The lowest BCUT2D eigenvalue weighted by molar-refractivity contribution is 0.339. The molecule has 0 saturated carbocycles. The number of nitrogens with one attached hydrogen (secondary N) is 1. The van der Waals surface area contributed by atoms with Gasteiger partial charge in [-0.2, -0.15) is 8.42 Å². The Morgan fingerprint density at radius 1 is 1.14 bits per heavy atom. The van der Waals surface area contributed by atoms with Crippen molar-refractivity contribution >= 4 is 21.2 Å². The second kappa shape index (κ2) is 5.69. The highest BCUT2D eigenvalue weighted by Crippen LogP contribution is 2.24. The highest BCUT2D eigenvalue weighted by atomic mass is 32.2. The number of imidazole rings is 1. The summed E-state index contributed by atoms with van der Waals surface area (Å²) in [7, 11) is -3.92. The quantitative estimate of drug-likeness (QED) is 0.732. The highest BCUT2D eigenvalue weighted by Gasteiger charge is 2.18. The molecule has 0 unspecified atom stereocenters.